The van der Waals surface area contributed by atoms with Gasteiger partial charge in [0, 0.05) is 56.3 Å². The van der Waals surface area contributed by atoms with Gasteiger partial charge in [-0.25, -0.2) is 23.1 Å². The molecule has 3 aromatic rings. The Bertz CT molecular complexity index is 2450. The summed E-state index contributed by atoms with van der Waals surface area (Å²) >= 11 is 0. The fourth-order valence-electron chi connectivity index (χ4n) is 6.69. The molecule has 0 saturated carbocycles. The summed E-state index contributed by atoms with van der Waals surface area (Å²) in [4.78, 5) is 69.9. The second-order valence-electron chi connectivity index (χ2n) is 19.4. The molecule has 0 fully saturated rings. The van der Waals surface area contributed by atoms with Crippen molar-refractivity contribution in [2.75, 3.05) is 144 Å². The number of nitrogens with zero attached hydrogens (tertiary/aromatic N) is 5. The highest BCUT2D eigenvalue weighted by Gasteiger charge is 2.24. The van der Waals surface area contributed by atoms with E-state index in [-0.39, 0.29) is 43.3 Å². The number of ketones is 1. The van der Waals surface area contributed by atoms with Crippen molar-refractivity contribution in [1.29, 1.82) is 0 Å². The summed E-state index contributed by atoms with van der Waals surface area (Å²) in [5.41, 5.74) is 7.52. The number of amides is 3. The van der Waals surface area contributed by atoms with Crippen molar-refractivity contribution in [3.8, 4) is 11.8 Å². The number of carbonyl (C=O) groups is 5. The number of aryl methyl sites for hydroxylation is 1. The number of ether oxygens (including phenoxy) is 10. The van der Waals surface area contributed by atoms with Crippen molar-refractivity contribution in [2.45, 2.75) is 96.5 Å². The van der Waals surface area contributed by atoms with Crippen molar-refractivity contribution in [1.82, 2.24) is 35.6 Å². The molecule has 1 aromatic carbocycles. The summed E-state index contributed by atoms with van der Waals surface area (Å²) in [6, 6.07) is 6.01. The Labute approximate surface area is 481 Å². The Morgan fingerprint density at radius 3 is 1.79 bits per heavy atom. The largest absolute Gasteiger partial charge is 0.460 e. The number of hydrogen-bond acceptors (Lipinski definition) is 22. The highest BCUT2D eigenvalue weighted by molar-refractivity contribution is 7.90. The van der Waals surface area contributed by atoms with Crippen LogP contribution < -0.4 is 21.7 Å². The van der Waals surface area contributed by atoms with Crippen LogP contribution in [0.1, 0.15) is 82.5 Å². The van der Waals surface area contributed by atoms with Gasteiger partial charge in [-0.05, 0) is 77.1 Å². The number of anilines is 1. The number of Topliss-reactive ketones (excluding diaryl/α,β-unsaturated/α-hetero) is 1. The fraction of sp³-hybridized carbons (Fsp3) is 0.655. The normalized spacial score (nSPS) is 11.9. The van der Waals surface area contributed by atoms with E-state index in [4.69, 9.17) is 53.1 Å². The maximum atomic E-state index is 13.1. The van der Waals surface area contributed by atoms with Gasteiger partial charge >= 0.3 is 5.97 Å². The predicted molar refractivity (Wildman–Crippen MR) is 299 cm³/mol. The summed E-state index contributed by atoms with van der Waals surface area (Å²) in [5, 5.41) is 16.1. The van der Waals surface area contributed by atoms with Gasteiger partial charge in [-0.1, -0.05) is 29.2 Å². The average Bonchev–Trinajstić information content (AvgIpc) is 3.91. The molecule has 3 amide bonds. The zero-order valence-corrected chi connectivity index (χ0v) is 48.8. The molecule has 5 N–H and O–H groups in total. The van der Waals surface area contributed by atoms with Crippen LogP contribution in [-0.2, 0) is 101 Å². The second-order valence-corrected chi connectivity index (χ2v) is 21.3. The first-order valence-corrected chi connectivity index (χ1v) is 29.4. The number of carbonyl (C=O) groups excluding carboxylic acids is 5. The van der Waals surface area contributed by atoms with Gasteiger partial charge in [0.25, 0.3) is 0 Å². The first kappa shape index (κ1) is 70.4. The van der Waals surface area contributed by atoms with E-state index in [1.54, 1.807) is 49.7 Å². The summed E-state index contributed by atoms with van der Waals surface area (Å²) < 4.78 is 79.4. The Morgan fingerprint density at radius 2 is 1.24 bits per heavy atom. The molecule has 0 aliphatic heterocycles. The molecule has 26 nitrogen and oxygen atoms in total. The van der Waals surface area contributed by atoms with Gasteiger partial charge in [-0.15, -0.1) is 5.10 Å². The van der Waals surface area contributed by atoms with Crippen LogP contribution >= 0.6 is 0 Å². The number of unbranched alkanes of at least 4 members (excludes halogenated alkanes) is 2. The van der Waals surface area contributed by atoms with Gasteiger partial charge in [-0.2, -0.15) is 0 Å². The molecule has 0 aliphatic rings. The Hall–Kier alpha value is -5.90. The molecule has 0 bridgehead atoms. The van der Waals surface area contributed by atoms with Crippen LogP contribution in [0.25, 0.3) is 0 Å². The van der Waals surface area contributed by atoms with Gasteiger partial charge in [0.15, 0.2) is 0 Å². The number of sulfone groups is 1. The van der Waals surface area contributed by atoms with Gasteiger partial charge < -0.3 is 69.1 Å². The molecule has 82 heavy (non-hydrogen) atoms. The van der Waals surface area contributed by atoms with E-state index >= 15 is 0 Å². The van der Waals surface area contributed by atoms with Gasteiger partial charge in [0.05, 0.1) is 129 Å². The number of rotatable bonds is 47. The molecule has 3 rings (SSSR count). The van der Waals surface area contributed by atoms with Crippen molar-refractivity contribution >= 4 is 45.0 Å². The Kier molecular flexibility index (Phi) is 36.8. The lowest BCUT2D eigenvalue weighted by molar-refractivity contribution is -0.154. The van der Waals surface area contributed by atoms with E-state index in [0.717, 1.165) is 17.5 Å². The molecular weight excluding hydrogens is 1090 g/mol. The maximum Gasteiger partial charge on any atom is 0.311 e. The molecule has 0 aliphatic carbocycles. The van der Waals surface area contributed by atoms with Crippen molar-refractivity contribution in [3.63, 3.8) is 0 Å². The van der Waals surface area contributed by atoms with E-state index in [9.17, 15) is 32.4 Å². The molecule has 458 valence electrons. The van der Waals surface area contributed by atoms with Crippen LogP contribution in [0.2, 0.25) is 0 Å². The van der Waals surface area contributed by atoms with Gasteiger partial charge in [0.2, 0.25) is 32.7 Å². The third-order valence-corrected chi connectivity index (χ3v) is 12.0. The molecule has 0 radical (unpaired) electrons. The fourth-order valence-corrected chi connectivity index (χ4v) is 7.18. The number of nitrogens with one attached hydrogen (secondary N) is 3. The number of aromatic nitrogens is 5. The maximum absolute atomic E-state index is 13.1. The average molecular weight is 1180 g/mol. The lowest BCUT2D eigenvalue weighted by Gasteiger charge is -2.19. The summed E-state index contributed by atoms with van der Waals surface area (Å²) in [6.07, 6.45) is 9.62. The number of benzene rings is 1. The van der Waals surface area contributed by atoms with Crippen molar-refractivity contribution in [2.24, 2.45) is 11.1 Å². The minimum Gasteiger partial charge on any atom is -0.460 e. The van der Waals surface area contributed by atoms with Crippen LogP contribution in [0.5, 0.6) is 0 Å². The van der Waals surface area contributed by atoms with Crippen LogP contribution in [0.3, 0.4) is 0 Å². The standard InChI is InChI=1S/C55H85N9O17S/c1-55(2,3)53(69)81-41-44-13-15-46(16-14-44)60-52(68)49(12-8-9-19-56)61-51(67)43-80-42-50(66)57-20-22-72-24-26-74-28-30-76-32-34-78-36-37-79-35-33-77-31-29-75-27-25-73-23-21-64-40-47(62-63-64)17-18-48(65)11-7-5-6-10-45-38-58-54(59-39-45)82(4,70)71/h13-16,38-40,49H,5,7-9,11-12,17-37,41-43,56H2,1-4H3,(H,57,66)(H,60,68)(H,61,67)/t49-/m0/s1. The Balaban J connectivity index is 1.02. The minimum absolute atomic E-state index is 0.105. The van der Waals surface area contributed by atoms with Crippen LogP contribution in [0.4, 0.5) is 5.69 Å². The molecule has 0 spiro atoms. The molecule has 1 atom stereocenters. The molecule has 0 unspecified atom stereocenters. The first-order chi connectivity index (χ1) is 39.5. The summed E-state index contributed by atoms with van der Waals surface area (Å²) in [7, 11) is -3.46. The first-order valence-electron chi connectivity index (χ1n) is 27.5. The summed E-state index contributed by atoms with van der Waals surface area (Å²) in [6.45, 7) is 12.3. The number of hydrogen-bond donors (Lipinski definition) is 4. The SMILES string of the molecule is CC(C)(C)C(=O)OCc1ccc(NC(=O)[C@H](CCCCN)NC(=O)COCC(=O)NCCOCCOCCOCCOCCOCCOCCOCCOCCn2cc(CCC(=O)CCCC#Cc3cnc(S(C)(=O)=O)nc3)nn2)cc1. The van der Waals surface area contributed by atoms with Crippen molar-refractivity contribution < 1.29 is 79.8 Å². The monoisotopic (exact) mass is 1180 g/mol. The van der Waals surface area contributed by atoms with Gasteiger partial charge in [-0.3, -0.25) is 24.0 Å². The Morgan fingerprint density at radius 1 is 0.695 bits per heavy atom. The van der Waals surface area contributed by atoms with E-state index < -0.39 is 45.6 Å². The minimum atomic E-state index is -3.46. The smallest absolute Gasteiger partial charge is 0.311 e. The molecular formula is C55H85N9O17S. The summed E-state index contributed by atoms with van der Waals surface area (Å²) in [5.74, 6) is 4.24. The quantitative estimate of drug-likeness (QED) is 0.0271. The number of nitrogens with two attached hydrogens (primary N) is 1. The number of esters is 1. The molecule has 0 saturated heterocycles. The third kappa shape index (κ3) is 35.2. The van der Waals surface area contributed by atoms with E-state index in [1.165, 1.54) is 12.4 Å². The lowest BCUT2D eigenvalue weighted by Crippen LogP contribution is -2.45. The highest BCUT2D eigenvalue weighted by Crippen LogP contribution is 2.18. The zero-order chi connectivity index (χ0) is 59.5. The third-order valence-electron chi connectivity index (χ3n) is 11.1. The molecule has 2 aromatic heterocycles. The van der Waals surface area contributed by atoms with E-state index in [2.05, 4.69) is 48.1 Å². The second kappa shape index (κ2) is 42.8. The van der Waals surface area contributed by atoms with Gasteiger partial charge in [0.1, 0.15) is 31.6 Å². The predicted octanol–water partition coefficient (Wildman–Crippen LogP) is 1.80. The zero-order valence-electron chi connectivity index (χ0n) is 48.0. The topological polar surface area (TPSA) is 330 Å². The molecule has 27 heteroatoms. The van der Waals surface area contributed by atoms with Crippen LogP contribution in [-0.4, -0.2) is 207 Å². The molecule has 2 heterocycles. The van der Waals surface area contributed by atoms with E-state index in [1.807, 2.05) is 6.20 Å². The van der Waals surface area contributed by atoms with Crippen LogP contribution in [0, 0.1) is 17.3 Å². The highest BCUT2D eigenvalue weighted by atomic mass is 32.2. The van der Waals surface area contributed by atoms with E-state index in [0.29, 0.717) is 175 Å². The lowest BCUT2D eigenvalue weighted by atomic mass is 9.97. The van der Waals surface area contributed by atoms with Crippen LogP contribution in [0.15, 0.2) is 48.0 Å². The van der Waals surface area contributed by atoms with Crippen molar-refractivity contribution in [3.05, 3.63) is 59.7 Å².